The first-order valence-electron chi connectivity index (χ1n) is 14.3. The number of halogens is 2. The zero-order valence-electron chi connectivity index (χ0n) is 25.5. The van der Waals surface area contributed by atoms with Crippen LogP contribution in [-0.2, 0) is 22.8 Å². The topological polar surface area (TPSA) is 159 Å². The highest BCUT2D eigenvalue weighted by molar-refractivity contribution is 7.21. The van der Waals surface area contributed by atoms with Gasteiger partial charge in [-0.2, -0.15) is 0 Å². The second-order valence-corrected chi connectivity index (χ2v) is 12.5. The molecule has 15 heteroatoms. The largest absolute Gasteiger partial charge is 0.493 e. The molecule has 0 aliphatic carbocycles. The Morgan fingerprint density at radius 1 is 0.708 bits per heavy atom. The Morgan fingerprint density at radius 2 is 1.17 bits per heavy atom. The molecule has 0 aliphatic heterocycles. The molecular formula is C33H27F2NO10S2. The average Bonchev–Trinajstić information content (AvgIpc) is 3.71. The first kappa shape index (κ1) is 34.2. The molecule has 0 aliphatic rings. The number of nitrogens with zero attached hydrogens (tertiary/aromatic N) is 1. The van der Waals surface area contributed by atoms with Crippen molar-refractivity contribution in [3.05, 3.63) is 75.2 Å². The van der Waals surface area contributed by atoms with Gasteiger partial charge in [-0.25, -0.2) is 8.78 Å². The number of methoxy groups -OCH3 is 2. The highest BCUT2D eigenvalue weighted by Gasteiger charge is 2.23. The van der Waals surface area contributed by atoms with Crippen molar-refractivity contribution in [3.8, 4) is 23.0 Å². The summed E-state index contributed by atoms with van der Waals surface area (Å²) in [5, 5.41) is 18.0. The summed E-state index contributed by atoms with van der Waals surface area (Å²) in [7, 11) is 2.68. The Hall–Kier alpha value is -5.15. The summed E-state index contributed by atoms with van der Waals surface area (Å²) >= 11 is 2.04. The molecule has 2 aromatic carbocycles. The SMILES string of the molecule is COc1cc2sc(C(=O)CCC(=O)O)cc2c(F)c1OCc1ccncc1COc1c(OC)cc2sc(C(=O)CCC(=O)O)cc2c1F. The number of fused-ring (bicyclic) bond motifs is 2. The Kier molecular flexibility index (Phi) is 10.5. The molecule has 2 N–H and O–H groups in total. The lowest BCUT2D eigenvalue weighted by Crippen LogP contribution is -2.07. The highest BCUT2D eigenvalue weighted by Crippen LogP contribution is 2.42. The maximum absolute atomic E-state index is 15.7. The lowest BCUT2D eigenvalue weighted by molar-refractivity contribution is -0.137. The number of hydrogen-bond donors (Lipinski definition) is 2. The Morgan fingerprint density at radius 3 is 1.60 bits per heavy atom. The van der Waals surface area contributed by atoms with Crippen LogP contribution in [0.5, 0.6) is 23.0 Å². The monoisotopic (exact) mass is 699 g/mol. The van der Waals surface area contributed by atoms with Crippen molar-refractivity contribution in [1.82, 2.24) is 4.98 Å². The van der Waals surface area contributed by atoms with E-state index in [2.05, 4.69) is 4.98 Å². The van der Waals surface area contributed by atoms with E-state index in [1.165, 1.54) is 50.9 Å². The van der Waals surface area contributed by atoms with Gasteiger partial charge in [0.05, 0.1) is 36.8 Å². The Bertz CT molecular complexity index is 1910. The van der Waals surface area contributed by atoms with Gasteiger partial charge in [0.1, 0.15) is 13.2 Å². The highest BCUT2D eigenvalue weighted by atomic mass is 32.1. The number of aromatic nitrogens is 1. The molecule has 0 amide bonds. The molecule has 0 atom stereocenters. The normalized spacial score (nSPS) is 11.1. The predicted molar refractivity (Wildman–Crippen MR) is 172 cm³/mol. The summed E-state index contributed by atoms with van der Waals surface area (Å²) in [5.74, 6) is -4.86. The van der Waals surface area contributed by atoms with Crippen molar-refractivity contribution >= 4 is 66.4 Å². The lowest BCUT2D eigenvalue weighted by atomic mass is 10.1. The fourth-order valence-corrected chi connectivity index (χ4v) is 6.87. The maximum atomic E-state index is 15.7. The number of benzene rings is 2. The molecule has 3 aromatic heterocycles. The smallest absolute Gasteiger partial charge is 0.303 e. The minimum absolute atomic E-state index is 0.0739. The molecule has 48 heavy (non-hydrogen) atoms. The number of carbonyl (C=O) groups is 4. The third kappa shape index (κ3) is 7.37. The molecule has 0 saturated carbocycles. The number of ketones is 2. The molecule has 0 saturated heterocycles. The fraction of sp³-hybridized carbons (Fsp3) is 0.242. The van der Waals surface area contributed by atoms with Crippen LogP contribution in [0.1, 0.15) is 56.2 Å². The summed E-state index contributed by atoms with van der Waals surface area (Å²) < 4.78 is 54.7. The van der Waals surface area contributed by atoms with Crippen molar-refractivity contribution in [2.45, 2.75) is 38.9 Å². The summed E-state index contributed by atoms with van der Waals surface area (Å²) in [6.07, 6.45) is 1.85. The summed E-state index contributed by atoms with van der Waals surface area (Å²) in [6, 6.07) is 7.40. The number of hydrogen-bond acceptors (Lipinski definition) is 11. The third-order valence-electron chi connectivity index (χ3n) is 7.24. The van der Waals surface area contributed by atoms with Crippen LogP contribution in [-0.4, -0.2) is 52.9 Å². The number of pyridine rings is 1. The van der Waals surface area contributed by atoms with Gasteiger partial charge >= 0.3 is 11.9 Å². The van der Waals surface area contributed by atoms with Gasteiger partial charge in [-0.15, -0.1) is 22.7 Å². The van der Waals surface area contributed by atoms with Gasteiger partial charge in [0, 0.05) is 63.1 Å². The van der Waals surface area contributed by atoms with Crippen molar-refractivity contribution in [1.29, 1.82) is 0 Å². The number of Topliss-reactive ketones (excluding diaryl/α,β-unsaturated/α-hetero) is 2. The standard InChI is InChI=1S/C33H27F2NO10S2/c1-43-22-11-24-18(9-26(47-24)20(37)3-5-28(39)40)30(34)32(22)45-14-16-7-8-36-13-17(16)15-46-33-23(44-2)12-25-19(31(33)35)10-27(48-25)21(38)4-6-29(41)42/h7-13H,3-6,14-15H2,1-2H3,(H,39,40)(H,41,42). The van der Waals surface area contributed by atoms with Crippen LogP contribution in [0, 0.1) is 11.6 Å². The zero-order chi connectivity index (χ0) is 34.5. The van der Waals surface area contributed by atoms with Crippen LogP contribution in [0.4, 0.5) is 8.78 Å². The molecule has 250 valence electrons. The molecule has 11 nitrogen and oxygen atoms in total. The van der Waals surface area contributed by atoms with Crippen LogP contribution in [0.15, 0.2) is 42.7 Å². The molecule has 0 unspecified atom stereocenters. The van der Waals surface area contributed by atoms with Crippen LogP contribution in [0.25, 0.3) is 20.2 Å². The van der Waals surface area contributed by atoms with Crippen LogP contribution < -0.4 is 18.9 Å². The van der Waals surface area contributed by atoms with E-state index >= 15 is 8.78 Å². The first-order valence-corrected chi connectivity index (χ1v) is 15.9. The van der Waals surface area contributed by atoms with Crippen molar-refractivity contribution in [2.75, 3.05) is 14.2 Å². The maximum Gasteiger partial charge on any atom is 0.303 e. The summed E-state index contributed by atoms with van der Waals surface area (Å²) in [6.45, 7) is -0.357. The van der Waals surface area contributed by atoms with E-state index in [4.69, 9.17) is 29.2 Å². The molecule has 0 fully saturated rings. The van der Waals surface area contributed by atoms with Crippen molar-refractivity contribution < 1.29 is 57.1 Å². The van der Waals surface area contributed by atoms with E-state index in [1.807, 2.05) is 0 Å². The number of rotatable bonds is 16. The van der Waals surface area contributed by atoms with Crippen LogP contribution >= 0.6 is 22.7 Å². The third-order valence-corrected chi connectivity index (χ3v) is 9.48. The number of ether oxygens (including phenoxy) is 4. The van der Waals surface area contributed by atoms with Gasteiger partial charge in [0.15, 0.2) is 46.2 Å². The minimum atomic E-state index is -1.11. The molecule has 5 rings (SSSR count). The zero-order valence-corrected chi connectivity index (χ0v) is 27.1. The minimum Gasteiger partial charge on any atom is -0.493 e. The summed E-state index contributed by atoms with van der Waals surface area (Å²) in [4.78, 5) is 51.2. The van der Waals surface area contributed by atoms with E-state index in [-0.39, 0.29) is 82.4 Å². The summed E-state index contributed by atoms with van der Waals surface area (Å²) in [5.41, 5.74) is 1.01. The van der Waals surface area contributed by atoms with Gasteiger partial charge in [-0.05, 0) is 23.8 Å². The van der Waals surface area contributed by atoms with Crippen molar-refractivity contribution in [3.63, 3.8) is 0 Å². The molecule has 5 aromatic rings. The van der Waals surface area contributed by atoms with Crippen LogP contribution in [0.2, 0.25) is 0 Å². The van der Waals surface area contributed by atoms with Gasteiger partial charge in [0.2, 0.25) is 0 Å². The van der Waals surface area contributed by atoms with Gasteiger partial charge in [-0.1, -0.05) is 0 Å². The lowest BCUT2D eigenvalue weighted by Gasteiger charge is -2.16. The number of carbonyl (C=O) groups excluding carboxylic acids is 2. The van der Waals surface area contributed by atoms with Gasteiger partial charge in [0.25, 0.3) is 0 Å². The second-order valence-electron chi connectivity index (χ2n) is 10.3. The van der Waals surface area contributed by atoms with Gasteiger partial charge < -0.3 is 29.2 Å². The number of carboxylic acid groups (broad SMARTS) is 2. The average molecular weight is 700 g/mol. The Balaban J connectivity index is 1.36. The van der Waals surface area contributed by atoms with Crippen molar-refractivity contribution in [2.24, 2.45) is 0 Å². The van der Waals surface area contributed by atoms with E-state index in [0.29, 0.717) is 20.5 Å². The molecule has 0 spiro atoms. The van der Waals surface area contributed by atoms with Gasteiger partial charge in [-0.3, -0.25) is 24.2 Å². The molecule has 0 radical (unpaired) electrons. The Labute approximate surface area is 279 Å². The van der Waals surface area contributed by atoms with E-state index < -0.39 is 35.1 Å². The number of carboxylic acids is 2. The first-order chi connectivity index (χ1) is 23.0. The van der Waals surface area contributed by atoms with E-state index in [0.717, 1.165) is 22.7 Å². The predicted octanol–water partition coefficient (Wildman–Crippen LogP) is 7.06. The molecular weight excluding hydrogens is 672 g/mol. The molecule has 0 bridgehead atoms. The molecule has 3 heterocycles. The quantitative estimate of drug-likeness (QED) is 0.102. The van der Waals surface area contributed by atoms with Crippen LogP contribution in [0.3, 0.4) is 0 Å². The number of aliphatic carboxylic acids is 2. The number of thiophene rings is 2. The fourth-order valence-electron chi connectivity index (χ4n) is 4.76. The second kappa shape index (κ2) is 14.7. The van der Waals surface area contributed by atoms with E-state index in [9.17, 15) is 19.2 Å². The van der Waals surface area contributed by atoms with E-state index in [1.54, 1.807) is 6.07 Å².